The van der Waals surface area contributed by atoms with Crippen LogP contribution in [0.2, 0.25) is 0 Å². The normalized spacial score (nSPS) is 10.8. The molecule has 0 N–H and O–H groups in total. The van der Waals surface area contributed by atoms with Crippen molar-refractivity contribution in [3.8, 4) is 6.07 Å². The lowest BCUT2D eigenvalue weighted by Gasteiger charge is -2.23. The highest BCUT2D eigenvalue weighted by molar-refractivity contribution is 5.94. The predicted octanol–water partition coefficient (Wildman–Crippen LogP) is 4.87. The molecule has 0 atom stereocenters. The maximum atomic E-state index is 14.5. The molecule has 0 aliphatic rings. The third kappa shape index (κ3) is 5.18. The highest BCUT2D eigenvalue weighted by atomic mass is 19.1. The summed E-state index contributed by atoms with van der Waals surface area (Å²) in [7, 11) is 0. The van der Waals surface area contributed by atoms with Crippen LogP contribution in [0.5, 0.6) is 0 Å². The first-order valence-electron chi connectivity index (χ1n) is 11.5. The van der Waals surface area contributed by atoms with Crippen molar-refractivity contribution in [2.45, 2.75) is 19.6 Å². The van der Waals surface area contributed by atoms with Gasteiger partial charge in [0, 0.05) is 10.9 Å². The van der Waals surface area contributed by atoms with E-state index in [2.05, 4.69) is 21.3 Å². The van der Waals surface area contributed by atoms with Gasteiger partial charge in [0.25, 0.3) is 5.91 Å². The minimum atomic E-state index is -0.747. The highest BCUT2D eigenvalue weighted by Gasteiger charge is 2.23. The van der Waals surface area contributed by atoms with Gasteiger partial charge in [-0.15, -0.1) is 10.2 Å². The van der Waals surface area contributed by atoms with E-state index < -0.39 is 17.5 Å². The number of nitrogens with zero attached hydrogens (tertiary/aromatic N) is 6. The number of amides is 1. The Morgan fingerprint density at radius 1 is 0.919 bits per heavy atom. The molecule has 0 spiro atoms. The summed E-state index contributed by atoms with van der Waals surface area (Å²) >= 11 is 0. The van der Waals surface area contributed by atoms with Crippen molar-refractivity contribution in [2.24, 2.45) is 0 Å². The van der Waals surface area contributed by atoms with Crippen LogP contribution in [-0.2, 0) is 19.6 Å². The number of nitriles is 1. The van der Waals surface area contributed by atoms with Crippen molar-refractivity contribution in [3.63, 3.8) is 0 Å². The fourth-order valence-corrected chi connectivity index (χ4v) is 4.01. The van der Waals surface area contributed by atoms with Crippen LogP contribution in [0.15, 0.2) is 85.2 Å². The largest absolute Gasteiger partial charge is 0.325 e. The Morgan fingerprint density at radius 2 is 1.68 bits per heavy atom. The lowest BCUT2D eigenvalue weighted by Crippen LogP contribution is -2.32. The SMILES string of the molecule is N#Cc1ccc(Cn2cnnc2CN(Cc2c(F)cccc2F)C(=O)c2ccc3ccccc3n2)cc1. The zero-order valence-electron chi connectivity index (χ0n) is 19.6. The van der Waals surface area contributed by atoms with Crippen LogP contribution in [0.4, 0.5) is 8.78 Å². The maximum Gasteiger partial charge on any atom is 0.273 e. The van der Waals surface area contributed by atoms with E-state index in [-0.39, 0.29) is 24.3 Å². The number of rotatable bonds is 7. The van der Waals surface area contributed by atoms with E-state index in [1.807, 2.05) is 30.3 Å². The minimum Gasteiger partial charge on any atom is -0.325 e. The average Bonchev–Trinajstić information content (AvgIpc) is 3.36. The number of hydrogen-bond acceptors (Lipinski definition) is 5. The van der Waals surface area contributed by atoms with Gasteiger partial charge in [-0.2, -0.15) is 5.26 Å². The third-order valence-corrected chi connectivity index (χ3v) is 5.98. The van der Waals surface area contributed by atoms with Gasteiger partial charge in [0.05, 0.1) is 36.8 Å². The fourth-order valence-electron chi connectivity index (χ4n) is 4.01. The molecule has 37 heavy (non-hydrogen) atoms. The van der Waals surface area contributed by atoms with Crippen LogP contribution in [0.25, 0.3) is 10.9 Å². The summed E-state index contributed by atoms with van der Waals surface area (Å²) < 4.78 is 30.8. The number of halogens is 2. The number of pyridine rings is 1. The van der Waals surface area contributed by atoms with Crippen molar-refractivity contribution < 1.29 is 13.6 Å². The number of carbonyl (C=O) groups is 1. The molecular formula is C28H20F2N6O. The van der Waals surface area contributed by atoms with Gasteiger partial charge in [-0.05, 0) is 42.0 Å². The first-order chi connectivity index (χ1) is 18.0. The van der Waals surface area contributed by atoms with Crippen LogP contribution in [-0.4, -0.2) is 30.6 Å². The molecule has 0 radical (unpaired) electrons. The number of hydrogen-bond donors (Lipinski definition) is 0. The number of carbonyl (C=O) groups excluding carboxylic acids is 1. The summed E-state index contributed by atoms with van der Waals surface area (Å²) in [6, 6.07) is 23.5. The molecule has 5 rings (SSSR count). The quantitative estimate of drug-likeness (QED) is 0.322. The monoisotopic (exact) mass is 494 g/mol. The molecule has 0 bridgehead atoms. The third-order valence-electron chi connectivity index (χ3n) is 5.98. The Hall–Kier alpha value is -4.97. The molecular weight excluding hydrogens is 474 g/mol. The van der Waals surface area contributed by atoms with Crippen LogP contribution in [0.1, 0.15) is 33.0 Å². The number of para-hydroxylation sites is 1. The molecule has 0 unspecified atom stereocenters. The number of aromatic nitrogens is 4. The first-order valence-corrected chi connectivity index (χ1v) is 11.5. The Labute approximate surface area is 211 Å². The topological polar surface area (TPSA) is 87.7 Å². The van der Waals surface area contributed by atoms with Crippen molar-refractivity contribution in [2.75, 3.05) is 0 Å². The summed E-state index contributed by atoms with van der Waals surface area (Å²) in [6.45, 7) is 0.00528. The van der Waals surface area contributed by atoms with Crippen LogP contribution < -0.4 is 0 Å². The van der Waals surface area contributed by atoms with E-state index in [4.69, 9.17) is 5.26 Å². The Kier molecular flexibility index (Phi) is 6.64. The molecule has 0 fully saturated rings. The second-order valence-electron chi connectivity index (χ2n) is 8.43. The highest BCUT2D eigenvalue weighted by Crippen LogP contribution is 2.20. The molecule has 0 aliphatic carbocycles. The Morgan fingerprint density at radius 3 is 2.43 bits per heavy atom. The molecule has 1 amide bonds. The molecule has 9 heteroatoms. The van der Waals surface area contributed by atoms with Crippen molar-refractivity contribution >= 4 is 16.8 Å². The summed E-state index contributed by atoms with van der Waals surface area (Å²) in [5.74, 6) is -1.57. The van der Waals surface area contributed by atoms with E-state index in [1.54, 1.807) is 34.9 Å². The molecule has 2 heterocycles. The second-order valence-corrected chi connectivity index (χ2v) is 8.43. The lowest BCUT2D eigenvalue weighted by atomic mass is 10.1. The Balaban J connectivity index is 1.47. The molecule has 3 aromatic carbocycles. The average molecular weight is 495 g/mol. The van der Waals surface area contributed by atoms with Crippen LogP contribution in [0, 0.1) is 23.0 Å². The molecule has 0 aliphatic heterocycles. The maximum absolute atomic E-state index is 14.5. The summed E-state index contributed by atoms with van der Waals surface area (Å²) in [5, 5.41) is 18.0. The van der Waals surface area contributed by atoms with E-state index in [0.717, 1.165) is 23.1 Å². The van der Waals surface area contributed by atoms with Gasteiger partial charge >= 0.3 is 0 Å². The van der Waals surface area contributed by atoms with Gasteiger partial charge in [-0.3, -0.25) is 4.79 Å². The standard InChI is InChI=1S/C28H20F2N6O/c29-23-5-3-6-24(30)22(23)16-35(28(37)26-13-12-21-4-1-2-7-25(21)33-26)17-27-34-32-18-36(27)15-20-10-8-19(14-31)9-11-20/h1-13,18H,15-17H2. The summed E-state index contributed by atoms with van der Waals surface area (Å²) in [5.41, 5.74) is 1.99. The van der Waals surface area contributed by atoms with E-state index >= 15 is 0 Å². The zero-order valence-corrected chi connectivity index (χ0v) is 19.6. The molecule has 5 aromatic rings. The number of benzene rings is 3. The van der Waals surface area contributed by atoms with E-state index in [9.17, 15) is 13.6 Å². The van der Waals surface area contributed by atoms with Gasteiger partial charge in [-0.1, -0.05) is 42.5 Å². The van der Waals surface area contributed by atoms with Crippen LogP contribution in [0.3, 0.4) is 0 Å². The predicted molar refractivity (Wildman–Crippen MR) is 132 cm³/mol. The molecule has 7 nitrogen and oxygen atoms in total. The molecule has 182 valence electrons. The van der Waals surface area contributed by atoms with Gasteiger partial charge in [0.1, 0.15) is 23.7 Å². The van der Waals surface area contributed by atoms with Gasteiger partial charge in [-0.25, -0.2) is 13.8 Å². The minimum absolute atomic E-state index is 0.0581. The smallest absolute Gasteiger partial charge is 0.273 e. The molecule has 2 aromatic heterocycles. The van der Waals surface area contributed by atoms with Crippen molar-refractivity contribution in [1.29, 1.82) is 5.26 Å². The Bertz CT molecular complexity index is 1600. The van der Waals surface area contributed by atoms with Crippen molar-refractivity contribution in [3.05, 3.63) is 125 Å². The fraction of sp³-hybridized carbons (Fsp3) is 0.107. The summed E-state index contributed by atoms with van der Waals surface area (Å²) in [6.07, 6.45) is 1.52. The van der Waals surface area contributed by atoms with Gasteiger partial charge in [0.2, 0.25) is 0 Å². The molecule has 0 saturated heterocycles. The van der Waals surface area contributed by atoms with Gasteiger partial charge in [0.15, 0.2) is 5.82 Å². The van der Waals surface area contributed by atoms with E-state index in [0.29, 0.717) is 23.4 Å². The second kappa shape index (κ2) is 10.3. The lowest BCUT2D eigenvalue weighted by molar-refractivity contribution is 0.0714. The van der Waals surface area contributed by atoms with E-state index in [1.165, 1.54) is 17.3 Å². The first kappa shape index (κ1) is 23.8. The van der Waals surface area contributed by atoms with Crippen LogP contribution >= 0.6 is 0 Å². The van der Waals surface area contributed by atoms with Crippen molar-refractivity contribution in [1.82, 2.24) is 24.6 Å². The molecule has 0 saturated carbocycles. The zero-order chi connectivity index (χ0) is 25.8. The summed E-state index contributed by atoms with van der Waals surface area (Å²) in [4.78, 5) is 19.4. The number of fused-ring (bicyclic) bond motifs is 1. The van der Waals surface area contributed by atoms with Gasteiger partial charge < -0.3 is 9.47 Å².